The number of amides is 1. The molecule has 0 aromatic rings. The summed E-state index contributed by atoms with van der Waals surface area (Å²) < 4.78 is 0. The second kappa shape index (κ2) is 5.73. The fourth-order valence-electron chi connectivity index (χ4n) is 3.56. The Morgan fingerprint density at radius 1 is 1.22 bits per heavy atom. The zero-order chi connectivity index (χ0) is 13.0. The predicted molar refractivity (Wildman–Crippen MR) is 70.7 cm³/mol. The molecule has 0 spiro atoms. The minimum absolute atomic E-state index is 0.0769. The van der Waals surface area contributed by atoms with Gasteiger partial charge in [-0.3, -0.25) is 4.79 Å². The first-order valence-corrected chi connectivity index (χ1v) is 7.35. The van der Waals surface area contributed by atoms with E-state index >= 15 is 0 Å². The monoisotopic (exact) mass is 248 g/mol. The van der Waals surface area contributed by atoms with Gasteiger partial charge in [-0.1, -0.05) is 32.1 Å². The van der Waals surface area contributed by atoms with Gasteiger partial charge in [0.15, 0.2) is 0 Å². The van der Waals surface area contributed by atoms with Crippen molar-refractivity contribution >= 4 is 5.91 Å². The summed E-state index contributed by atoms with van der Waals surface area (Å²) in [5.74, 6) is 0.734. The molecule has 3 nitrogen and oxygen atoms in total. The van der Waals surface area contributed by atoms with Gasteiger partial charge in [-0.2, -0.15) is 5.26 Å². The van der Waals surface area contributed by atoms with E-state index in [1.807, 2.05) is 11.9 Å². The molecule has 0 radical (unpaired) electrons. The lowest BCUT2D eigenvalue weighted by molar-refractivity contribution is -0.138. The third kappa shape index (κ3) is 2.68. The highest BCUT2D eigenvalue weighted by Gasteiger charge is 2.43. The van der Waals surface area contributed by atoms with E-state index < -0.39 is 5.41 Å². The summed E-state index contributed by atoms with van der Waals surface area (Å²) in [6, 6.07) is 2.30. The van der Waals surface area contributed by atoms with Gasteiger partial charge in [0.05, 0.1) is 6.07 Å². The van der Waals surface area contributed by atoms with Crippen molar-refractivity contribution in [3.05, 3.63) is 0 Å². The number of hydrogen-bond donors (Lipinski definition) is 0. The lowest BCUT2D eigenvalue weighted by Crippen LogP contribution is -2.42. The van der Waals surface area contributed by atoms with Crippen LogP contribution < -0.4 is 0 Å². The summed E-state index contributed by atoms with van der Waals surface area (Å²) in [6.07, 6.45) is 10.0. The van der Waals surface area contributed by atoms with Crippen molar-refractivity contribution in [3.63, 3.8) is 0 Å². The van der Waals surface area contributed by atoms with E-state index in [1.165, 1.54) is 32.1 Å². The van der Waals surface area contributed by atoms with Gasteiger partial charge in [-0.15, -0.1) is 0 Å². The van der Waals surface area contributed by atoms with Crippen molar-refractivity contribution in [1.82, 2.24) is 4.90 Å². The quantitative estimate of drug-likeness (QED) is 0.770. The Morgan fingerprint density at radius 2 is 1.83 bits per heavy atom. The minimum Gasteiger partial charge on any atom is -0.344 e. The maximum absolute atomic E-state index is 12.5. The maximum Gasteiger partial charge on any atom is 0.242 e. The highest BCUT2D eigenvalue weighted by atomic mass is 16.2. The molecule has 0 aromatic carbocycles. The fraction of sp³-hybridized carbons (Fsp3) is 0.867. The van der Waals surface area contributed by atoms with Gasteiger partial charge in [0, 0.05) is 13.6 Å². The first-order chi connectivity index (χ1) is 8.68. The van der Waals surface area contributed by atoms with E-state index in [0.717, 1.165) is 32.2 Å². The smallest absolute Gasteiger partial charge is 0.242 e. The van der Waals surface area contributed by atoms with Crippen molar-refractivity contribution in [1.29, 1.82) is 5.26 Å². The van der Waals surface area contributed by atoms with Gasteiger partial charge in [-0.25, -0.2) is 0 Å². The number of nitriles is 1. The van der Waals surface area contributed by atoms with E-state index in [4.69, 9.17) is 0 Å². The van der Waals surface area contributed by atoms with Gasteiger partial charge in [0.25, 0.3) is 0 Å². The van der Waals surface area contributed by atoms with Gasteiger partial charge in [0.2, 0.25) is 5.91 Å². The second-order valence-corrected chi connectivity index (χ2v) is 6.09. The zero-order valence-electron chi connectivity index (χ0n) is 11.5. The zero-order valence-corrected chi connectivity index (χ0v) is 11.5. The van der Waals surface area contributed by atoms with Crippen LogP contribution in [0.5, 0.6) is 0 Å². The summed E-state index contributed by atoms with van der Waals surface area (Å²) in [5.41, 5.74) is -0.691. The van der Waals surface area contributed by atoms with Crippen LogP contribution in [0.25, 0.3) is 0 Å². The Morgan fingerprint density at radius 3 is 2.39 bits per heavy atom. The molecule has 3 heteroatoms. The van der Waals surface area contributed by atoms with E-state index in [9.17, 15) is 10.1 Å². The molecule has 0 heterocycles. The van der Waals surface area contributed by atoms with E-state index in [2.05, 4.69) is 6.07 Å². The average Bonchev–Trinajstić information content (AvgIpc) is 2.89. The molecule has 0 N–H and O–H groups in total. The molecule has 0 unspecified atom stereocenters. The van der Waals surface area contributed by atoms with Crippen molar-refractivity contribution in [2.24, 2.45) is 11.3 Å². The SMILES string of the molecule is CN(CC1CCCCC1)C(=O)C1(C#N)CCCC1. The van der Waals surface area contributed by atoms with Gasteiger partial charge >= 0.3 is 0 Å². The van der Waals surface area contributed by atoms with Gasteiger partial charge in [0.1, 0.15) is 5.41 Å². The van der Waals surface area contributed by atoms with Crippen molar-refractivity contribution in [2.45, 2.75) is 57.8 Å². The van der Waals surface area contributed by atoms with Crippen LogP contribution in [0.15, 0.2) is 0 Å². The third-order valence-electron chi connectivity index (χ3n) is 4.68. The highest BCUT2D eigenvalue weighted by Crippen LogP contribution is 2.39. The lowest BCUT2D eigenvalue weighted by atomic mass is 9.85. The largest absolute Gasteiger partial charge is 0.344 e. The summed E-state index contributed by atoms with van der Waals surface area (Å²) in [6.45, 7) is 0.849. The Balaban J connectivity index is 1.93. The van der Waals surface area contributed by atoms with Gasteiger partial charge < -0.3 is 4.90 Å². The first-order valence-electron chi connectivity index (χ1n) is 7.35. The summed E-state index contributed by atoms with van der Waals surface area (Å²) in [5, 5.41) is 9.34. The first kappa shape index (κ1) is 13.4. The molecule has 1 amide bonds. The Hall–Kier alpha value is -1.04. The molecular weight excluding hydrogens is 224 g/mol. The number of nitrogens with zero attached hydrogens (tertiary/aromatic N) is 2. The highest BCUT2D eigenvalue weighted by molar-refractivity contribution is 5.85. The molecular formula is C15H24N2O. The number of rotatable bonds is 3. The molecule has 0 aromatic heterocycles. The number of carbonyl (C=O) groups excluding carboxylic acids is 1. The van der Waals surface area contributed by atoms with Crippen LogP contribution >= 0.6 is 0 Å². The lowest BCUT2D eigenvalue weighted by Gasteiger charge is -2.31. The molecule has 0 aliphatic heterocycles. The standard InChI is InChI=1S/C15H24N2O/c1-17(11-13-7-3-2-4-8-13)14(18)15(12-16)9-5-6-10-15/h13H,2-11H2,1H3. The normalized spacial score (nSPS) is 23.6. The molecule has 0 saturated heterocycles. The Kier molecular flexibility index (Phi) is 4.27. The molecule has 0 bridgehead atoms. The molecule has 2 fully saturated rings. The van der Waals surface area contributed by atoms with Crippen LogP contribution in [0, 0.1) is 22.7 Å². The summed E-state index contributed by atoms with van der Waals surface area (Å²) in [7, 11) is 1.88. The van der Waals surface area contributed by atoms with Crippen molar-refractivity contribution in [2.75, 3.05) is 13.6 Å². The van der Waals surface area contributed by atoms with Crippen molar-refractivity contribution in [3.8, 4) is 6.07 Å². The molecule has 2 rings (SSSR count). The Bertz CT molecular complexity index is 333. The number of carbonyl (C=O) groups is 1. The minimum atomic E-state index is -0.691. The van der Waals surface area contributed by atoms with E-state index in [-0.39, 0.29) is 5.91 Å². The molecule has 2 aliphatic rings. The van der Waals surface area contributed by atoms with Crippen LogP contribution in [0.2, 0.25) is 0 Å². The van der Waals surface area contributed by atoms with E-state index in [0.29, 0.717) is 5.92 Å². The Labute approximate surface area is 110 Å². The van der Waals surface area contributed by atoms with Crippen LogP contribution in [0.3, 0.4) is 0 Å². The fourth-order valence-corrected chi connectivity index (χ4v) is 3.56. The third-order valence-corrected chi connectivity index (χ3v) is 4.68. The van der Waals surface area contributed by atoms with Gasteiger partial charge in [-0.05, 0) is 31.6 Å². The summed E-state index contributed by atoms with van der Waals surface area (Å²) in [4.78, 5) is 14.3. The maximum atomic E-state index is 12.5. The average molecular weight is 248 g/mol. The van der Waals surface area contributed by atoms with E-state index in [1.54, 1.807) is 0 Å². The number of hydrogen-bond acceptors (Lipinski definition) is 2. The molecule has 18 heavy (non-hydrogen) atoms. The topological polar surface area (TPSA) is 44.1 Å². The summed E-state index contributed by atoms with van der Waals surface area (Å²) >= 11 is 0. The van der Waals surface area contributed by atoms with Crippen LogP contribution in [-0.2, 0) is 4.79 Å². The molecule has 2 saturated carbocycles. The van der Waals surface area contributed by atoms with Crippen LogP contribution in [0.1, 0.15) is 57.8 Å². The second-order valence-electron chi connectivity index (χ2n) is 6.09. The van der Waals surface area contributed by atoms with Crippen molar-refractivity contribution < 1.29 is 4.79 Å². The predicted octanol–water partition coefficient (Wildman–Crippen LogP) is 3.11. The van der Waals surface area contributed by atoms with Crippen LogP contribution in [-0.4, -0.2) is 24.4 Å². The van der Waals surface area contributed by atoms with Crippen LogP contribution in [0.4, 0.5) is 0 Å². The molecule has 2 aliphatic carbocycles. The molecule has 100 valence electrons. The molecule has 0 atom stereocenters.